The Morgan fingerprint density at radius 2 is 1.92 bits per heavy atom. The first-order valence-corrected chi connectivity index (χ1v) is 13.4. The molecule has 1 N–H and O–H groups in total. The van der Waals surface area contributed by atoms with Gasteiger partial charge in [0.15, 0.2) is 0 Å². The summed E-state index contributed by atoms with van der Waals surface area (Å²) in [6, 6.07) is 5.97. The molecule has 9 nitrogen and oxygen atoms in total. The Hall–Kier alpha value is -2.92. The molecule has 3 heterocycles. The summed E-state index contributed by atoms with van der Waals surface area (Å²) in [5, 5.41) is 11.3. The first-order chi connectivity index (χ1) is 17.8. The standard InChI is InChI=1S/C26H31BrClFN6O3/c1-15-6-7-16(2)33(15)12-19-13-35(32-31-19)20-10-22(34(14-20)25(37)38-26(3,4)5)24(36)30-11-17-8-18(27)9-21(28)23(17)29/h6-9,13,20,22H,10-12,14H2,1-5H3,(H,30,36)/t20?,22-/m0/s1. The molecule has 1 aliphatic heterocycles. The van der Waals surface area contributed by atoms with Crippen LogP contribution in [0.5, 0.6) is 0 Å². The highest BCUT2D eigenvalue weighted by molar-refractivity contribution is 9.10. The molecule has 4 rings (SSSR count). The largest absolute Gasteiger partial charge is 0.444 e. The second kappa shape index (κ2) is 11.1. The predicted octanol–water partition coefficient (Wildman–Crippen LogP) is 5.17. The minimum absolute atomic E-state index is 0.0489. The van der Waals surface area contributed by atoms with E-state index in [1.54, 1.807) is 31.5 Å². The van der Waals surface area contributed by atoms with Gasteiger partial charge in [-0.25, -0.2) is 13.9 Å². The Bertz CT molecular complexity index is 1330. The lowest BCUT2D eigenvalue weighted by Crippen LogP contribution is -2.47. The van der Waals surface area contributed by atoms with Gasteiger partial charge in [0.25, 0.3) is 0 Å². The van der Waals surface area contributed by atoms with E-state index in [1.807, 2.05) is 32.2 Å². The van der Waals surface area contributed by atoms with E-state index in [1.165, 1.54) is 11.0 Å². The smallest absolute Gasteiger partial charge is 0.411 e. The number of nitrogens with one attached hydrogen (secondary N) is 1. The van der Waals surface area contributed by atoms with Gasteiger partial charge in [-0.3, -0.25) is 9.69 Å². The molecule has 1 fully saturated rings. The number of rotatable bonds is 6. The fourth-order valence-corrected chi connectivity index (χ4v) is 5.37. The van der Waals surface area contributed by atoms with Crippen LogP contribution in [0.4, 0.5) is 9.18 Å². The summed E-state index contributed by atoms with van der Waals surface area (Å²) in [5.74, 6) is -1.03. The van der Waals surface area contributed by atoms with Crippen LogP contribution in [0.3, 0.4) is 0 Å². The zero-order valence-electron chi connectivity index (χ0n) is 22.0. The van der Waals surface area contributed by atoms with Crippen molar-refractivity contribution in [3.8, 4) is 0 Å². The van der Waals surface area contributed by atoms with E-state index in [0.717, 1.165) is 17.1 Å². The number of aryl methyl sites for hydroxylation is 2. The lowest BCUT2D eigenvalue weighted by molar-refractivity contribution is -0.125. The molecular formula is C26H31BrClFN6O3. The van der Waals surface area contributed by atoms with Gasteiger partial charge in [-0.15, -0.1) is 5.10 Å². The molecule has 0 spiro atoms. The van der Waals surface area contributed by atoms with Crippen molar-refractivity contribution < 1.29 is 18.7 Å². The lowest BCUT2D eigenvalue weighted by atomic mass is 10.1. The van der Waals surface area contributed by atoms with Gasteiger partial charge < -0.3 is 14.6 Å². The average molecular weight is 610 g/mol. The van der Waals surface area contributed by atoms with E-state index in [-0.39, 0.29) is 29.7 Å². The molecule has 1 unspecified atom stereocenters. The minimum Gasteiger partial charge on any atom is -0.444 e. The van der Waals surface area contributed by atoms with Crippen molar-refractivity contribution >= 4 is 39.5 Å². The van der Waals surface area contributed by atoms with Crippen molar-refractivity contribution in [2.24, 2.45) is 0 Å². The van der Waals surface area contributed by atoms with Crippen molar-refractivity contribution in [1.82, 2.24) is 29.8 Å². The Balaban J connectivity index is 1.51. The van der Waals surface area contributed by atoms with Crippen molar-refractivity contribution in [3.63, 3.8) is 0 Å². The number of benzene rings is 1. The molecule has 2 aromatic heterocycles. The molecule has 1 aliphatic rings. The fraction of sp³-hybridized carbons (Fsp3) is 0.462. The molecule has 3 aromatic rings. The topological polar surface area (TPSA) is 94.3 Å². The summed E-state index contributed by atoms with van der Waals surface area (Å²) in [6.45, 7) is 10.1. The van der Waals surface area contributed by atoms with Crippen LogP contribution in [0.1, 0.15) is 55.9 Å². The number of likely N-dealkylation sites (tertiary alicyclic amines) is 1. The van der Waals surface area contributed by atoms with Crippen LogP contribution in [0.2, 0.25) is 5.02 Å². The zero-order valence-corrected chi connectivity index (χ0v) is 24.3. The highest BCUT2D eigenvalue weighted by Gasteiger charge is 2.42. The summed E-state index contributed by atoms with van der Waals surface area (Å²) < 4.78 is 24.5. The SMILES string of the molecule is Cc1ccc(C)n1Cc1cn(C2C[C@@H](C(=O)NCc3cc(Br)cc(Cl)c3F)N(C(=O)OC(C)(C)C)C2)nn1. The number of ether oxygens (including phenoxy) is 1. The van der Waals surface area contributed by atoms with Crippen molar-refractivity contribution in [2.45, 2.75) is 71.8 Å². The number of carbonyl (C=O) groups is 2. The minimum atomic E-state index is -0.831. The van der Waals surface area contributed by atoms with E-state index in [9.17, 15) is 14.0 Å². The van der Waals surface area contributed by atoms with Crippen LogP contribution in [-0.4, -0.2) is 54.6 Å². The molecule has 0 aliphatic carbocycles. The second-order valence-electron chi connectivity index (χ2n) is 10.5. The number of halogens is 3. The average Bonchev–Trinajstić information content (AvgIpc) is 3.55. The lowest BCUT2D eigenvalue weighted by Gasteiger charge is -2.28. The van der Waals surface area contributed by atoms with Crippen LogP contribution in [0.25, 0.3) is 0 Å². The number of nitrogens with zero attached hydrogens (tertiary/aromatic N) is 5. The van der Waals surface area contributed by atoms with Gasteiger partial charge in [0.2, 0.25) is 5.91 Å². The van der Waals surface area contributed by atoms with Gasteiger partial charge in [0.05, 0.1) is 23.8 Å². The summed E-state index contributed by atoms with van der Waals surface area (Å²) in [5.41, 5.74) is 2.50. The Morgan fingerprint density at radius 1 is 1.24 bits per heavy atom. The van der Waals surface area contributed by atoms with Crippen molar-refractivity contribution in [3.05, 3.63) is 68.4 Å². The summed E-state index contributed by atoms with van der Waals surface area (Å²) in [4.78, 5) is 27.7. The van der Waals surface area contributed by atoms with Gasteiger partial charge >= 0.3 is 6.09 Å². The summed E-state index contributed by atoms with van der Waals surface area (Å²) >= 11 is 9.22. The van der Waals surface area contributed by atoms with Crippen LogP contribution in [0, 0.1) is 19.7 Å². The van der Waals surface area contributed by atoms with Gasteiger partial charge in [0.1, 0.15) is 23.2 Å². The van der Waals surface area contributed by atoms with Gasteiger partial charge in [0, 0.05) is 40.9 Å². The number of hydrogen-bond acceptors (Lipinski definition) is 5. The highest BCUT2D eigenvalue weighted by Crippen LogP contribution is 2.30. The number of amides is 2. The van der Waals surface area contributed by atoms with Crippen LogP contribution < -0.4 is 5.32 Å². The van der Waals surface area contributed by atoms with Crippen LogP contribution in [0.15, 0.2) is 34.9 Å². The number of carbonyl (C=O) groups excluding carboxylic acids is 2. The number of hydrogen-bond donors (Lipinski definition) is 1. The van der Waals surface area contributed by atoms with Crippen molar-refractivity contribution in [2.75, 3.05) is 6.54 Å². The third-order valence-corrected chi connectivity index (χ3v) is 7.13. The molecule has 1 aromatic carbocycles. The quantitative estimate of drug-likeness (QED) is 0.390. The number of aromatic nitrogens is 4. The van der Waals surface area contributed by atoms with Gasteiger partial charge in [-0.2, -0.15) is 0 Å². The van der Waals surface area contributed by atoms with Crippen molar-refractivity contribution in [1.29, 1.82) is 0 Å². The van der Waals surface area contributed by atoms with Crippen LogP contribution in [-0.2, 0) is 22.6 Å². The third kappa shape index (κ3) is 6.37. The molecule has 204 valence electrons. The predicted molar refractivity (Wildman–Crippen MR) is 144 cm³/mol. The molecule has 12 heteroatoms. The first kappa shape index (κ1) is 28.1. The third-order valence-electron chi connectivity index (χ3n) is 6.40. The highest BCUT2D eigenvalue weighted by atomic mass is 79.9. The summed E-state index contributed by atoms with van der Waals surface area (Å²) in [7, 11) is 0. The Morgan fingerprint density at radius 3 is 2.58 bits per heavy atom. The molecule has 0 saturated carbocycles. The molecular weight excluding hydrogens is 579 g/mol. The van der Waals surface area contributed by atoms with E-state index >= 15 is 0 Å². The Kier molecular flexibility index (Phi) is 8.17. The molecule has 0 bridgehead atoms. The van der Waals surface area contributed by atoms with Crippen LogP contribution >= 0.6 is 27.5 Å². The second-order valence-corrected chi connectivity index (χ2v) is 11.8. The molecule has 0 radical (unpaired) electrons. The van der Waals surface area contributed by atoms with E-state index in [0.29, 0.717) is 17.4 Å². The maximum Gasteiger partial charge on any atom is 0.411 e. The van der Waals surface area contributed by atoms with Gasteiger partial charge in [-0.05, 0) is 58.9 Å². The Labute approximate surface area is 234 Å². The van der Waals surface area contributed by atoms with E-state index in [4.69, 9.17) is 16.3 Å². The molecule has 2 amide bonds. The molecule has 38 heavy (non-hydrogen) atoms. The fourth-order valence-electron chi connectivity index (χ4n) is 4.49. The molecule has 2 atom stereocenters. The maximum absolute atomic E-state index is 14.5. The van der Waals surface area contributed by atoms with Gasteiger partial charge in [-0.1, -0.05) is 32.7 Å². The zero-order chi connectivity index (χ0) is 27.8. The van der Waals surface area contributed by atoms with E-state index in [2.05, 4.69) is 36.1 Å². The summed E-state index contributed by atoms with van der Waals surface area (Å²) in [6.07, 6.45) is 1.54. The monoisotopic (exact) mass is 608 g/mol. The maximum atomic E-state index is 14.5. The molecule has 1 saturated heterocycles. The first-order valence-electron chi connectivity index (χ1n) is 12.3. The normalized spacial score (nSPS) is 17.6. The van der Waals surface area contributed by atoms with E-state index < -0.39 is 29.5 Å².